The third-order valence-corrected chi connectivity index (χ3v) is 6.04. The number of thioether (sulfide) groups is 1. The van der Waals surface area contributed by atoms with Crippen molar-refractivity contribution in [1.29, 1.82) is 0 Å². The van der Waals surface area contributed by atoms with Gasteiger partial charge in [0.1, 0.15) is 5.82 Å². The van der Waals surface area contributed by atoms with Crippen molar-refractivity contribution in [2.75, 3.05) is 12.8 Å². The number of halogens is 1. The Bertz CT molecular complexity index is 441. The molecule has 1 aliphatic carbocycles. The fraction of sp³-hybridized carbons (Fsp3) is 0.647. The topological polar surface area (TPSA) is 12.0 Å². The quantitative estimate of drug-likeness (QED) is 0.833. The van der Waals surface area contributed by atoms with Crippen molar-refractivity contribution in [1.82, 2.24) is 5.32 Å². The van der Waals surface area contributed by atoms with E-state index in [1.807, 2.05) is 30.8 Å². The maximum Gasteiger partial charge on any atom is 0.126 e. The second kappa shape index (κ2) is 6.95. The predicted octanol–water partition coefficient (Wildman–Crippen LogP) is 4.85. The third kappa shape index (κ3) is 3.76. The smallest absolute Gasteiger partial charge is 0.126 e. The van der Waals surface area contributed by atoms with Crippen LogP contribution >= 0.6 is 11.8 Å². The van der Waals surface area contributed by atoms with Crippen LogP contribution in [-0.2, 0) is 0 Å². The highest BCUT2D eigenvalue weighted by molar-refractivity contribution is 8.00. The Hall–Kier alpha value is -0.540. The molecule has 1 N–H and O–H groups in total. The molecule has 0 heterocycles. The van der Waals surface area contributed by atoms with E-state index >= 15 is 0 Å². The van der Waals surface area contributed by atoms with Gasteiger partial charge in [-0.15, -0.1) is 0 Å². The molecule has 0 radical (unpaired) electrons. The molecule has 112 valence electrons. The van der Waals surface area contributed by atoms with Gasteiger partial charge in [0.05, 0.1) is 0 Å². The predicted molar refractivity (Wildman–Crippen MR) is 86.9 cm³/mol. The van der Waals surface area contributed by atoms with E-state index in [9.17, 15) is 4.39 Å². The summed E-state index contributed by atoms with van der Waals surface area (Å²) in [4.78, 5) is 0. The zero-order valence-electron chi connectivity index (χ0n) is 12.8. The maximum atomic E-state index is 13.6. The zero-order valence-corrected chi connectivity index (χ0v) is 13.7. The van der Waals surface area contributed by atoms with Gasteiger partial charge in [-0.1, -0.05) is 31.4 Å². The molecular weight excluding hydrogens is 269 g/mol. The second-order valence-electron chi connectivity index (χ2n) is 6.06. The van der Waals surface area contributed by atoms with Gasteiger partial charge >= 0.3 is 0 Å². The lowest BCUT2D eigenvalue weighted by Gasteiger charge is -2.37. The molecular formula is C17H26FNS. The number of benzene rings is 1. The van der Waals surface area contributed by atoms with Crippen molar-refractivity contribution in [2.45, 2.75) is 56.7 Å². The number of nitrogens with one attached hydrogen (secondary N) is 1. The first-order valence-corrected chi connectivity index (χ1v) is 8.83. The van der Waals surface area contributed by atoms with Crippen LogP contribution in [0.1, 0.15) is 56.2 Å². The van der Waals surface area contributed by atoms with Crippen molar-refractivity contribution >= 4 is 11.8 Å². The monoisotopic (exact) mass is 295 g/mol. The average Bonchev–Trinajstić information content (AvgIpc) is 2.48. The summed E-state index contributed by atoms with van der Waals surface area (Å²) >= 11 is 2.00. The Morgan fingerprint density at radius 1 is 1.30 bits per heavy atom. The third-order valence-electron chi connectivity index (χ3n) is 4.62. The molecule has 0 saturated heterocycles. The van der Waals surface area contributed by atoms with Crippen molar-refractivity contribution in [3.05, 3.63) is 35.1 Å². The van der Waals surface area contributed by atoms with Gasteiger partial charge in [0.2, 0.25) is 0 Å². The lowest BCUT2D eigenvalue weighted by atomic mass is 9.88. The Morgan fingerprint density at radius 2 is 2.00 bits per heavy atom. The summed E-state index contributed by atoms with van der Waals surface area (Å²) in [6.45, 7) is 4.95. The van der Waals surface area contributed by atoms with E-state index in [4.69, 9.17) is 0 Å². The van der Waals surface area contributed by atoms with Crippen LogP contribution in [0.2, 0.25) is 0 Å². The minimum atomic E-state index is -0.103. The molecule has 0 aliphatic heterocycles. The van der Waals surface area contributed by atoms with Crippen molar-refractivity contribution < 1.29 is 4.39 Å². The van der Waals surface area contributed by atoms with E-state index in [0.717, 1.165) is 12.1 Å². The van der Waals surface area contributed by atoms with E-state index in [0.29, 0.717) is 10.3 Å². The first-order valence-electron chi connectivity index (χ1n) is 7.61. The van der Waals surface area contributed by atoms with Gasteiger partial charge in [0, 0.05) is 17.3 Å². The number of aryl methyl sites for hydroxylation is 1. The molecule has 20 heavy (non-hydrogen) atoms. The normalized spacial score (nSPS) is 19.8. The van der Waals surface area contributed by atoms with Crippen LogP contribution < -0.4 is 5.32 Å². The van der Waals surface area contributed by atoms with Gasteiger partial charge in [0.25, 0.3) is 0 Å². The van der Waals surface area contributed by atoms with Gasteiger partial charge < -0.3 is 5.32 Å². The Balaban J connectivity index is 1.96. The van der Waals surface area contributed by atoms with Crippen LogP contribution in [0.4, 0.5) is 4.39 Å². The van der Waals surface area contributed by atoms with Gasteiger partial charge in [-0.2, -0.15) is 11.8 Å². The molecule has 0 spiro atoms. The van der Waals surface area contributed by atoms with Gasteiger partial charge in [0.15, 0.2) is 0 Å². The van der Waals surface area contributed by atoms with Crippen LogP contribution in [0.3, 0.4) is 0 Å². The van der Waals surface area contributed by atoms with Gasteiger partial charge in [-0.3, -0.25) is 0 Å². The second-order valence-corrected chi connectivity index (χ2v) is 7.33. The molecule has 1 aliphatic rings. The molecule has 1 atom stereocenters. The summed E-state index contributed by atoms with van der Waals surface area (Å²) in [5.41, 5.74) is 1.76. The Kier molecular flexibility index (Phi) is 5.50. The fourth-order valence-corrected chi connectivity index (χ4v) is 3.91. The lowest BCUT2D eigenvalue weighted by Crippen LogP contribution is -2.40. The average molecular weight is 295 g/mol. The van der Waals surface area contributed by atoms with Crippen LogP contribution in [-0.4, -0.2) is 17.5 Å². The summed E-state index contributed by atoms with van der Waals surface area (Å²) in [7, 11) is 0. The molecule has 1 aromatic rings. The van der Waals surface area contributed by atoms with Gasteiger partial charge in [-0.05, 0) is 50.1 Å². The van der Waals surface area contributed by atoms with Crippen LogP contribution in [0.15, 0.2) is 18.2 Å². The molecule has 0 amide bonds. The van der Waals surface area contributed by atoms with Gasteiger partial charge in [-0.25, -0.2) is 4.39 Å². The minimum Gasteiger partial charge on any atom is -0.309 e. The molecule has 1 saturated carbocycles. The summed E-state index contributed by atoms with van der Waals surface area (Å²) < 4.78 is 14.0. The van der Waals surface area contributed by atoms with E-state index < -0.39 is 0 Å². The first kappa shape index (κ1) is 15.8. The SMILES string of the molecule is CSC1(CNC(C)c2ccc(C)c(F)c2)CCCCC1. The van der Waals surface area contributed by atoms with E-state index in [1.54, 1.807) is 6.07 Å². The number of hydrogen-bond acceptors (Lipinski definition) is 2. The van der Waals surface area contributed by atoms with Crippen LogP contribution in [0.5, 0.6) is 0 Å². The molecule has 1 aromatic carbocycles. The van der Waals surface area contributed by atoms with Crippen molar-refractivity contribution in [3.63, 3.8) is 0 Å². The first-order chi connectivity index (χ1) is 9.56. The van der Waals surface area contributed by atoms with E-state index in [-0.39, 0.29) is 11.9 Å². The van der Waals surface area contributed by atoms with Crippen LogP contribution in [0.25, 0.3) is 0 Å². The fourth-order valence-electron chi connectivity index (χ4n) is 2.98. The largest absolute Gasteiger partial charge is 0.309 e. The van der Waals surface area contributed by atoms with Crippen molar-refractivity contribution in [3.8, 4) is 0 Å². The molecule has 1 nitrogen and oxygen atoms in total. The standard InChI is InChI=1S/C17H26FNS/c1-13-7-8-15(11-16(13)18)14(2)19-12-17(20-3)9-5-4-6-10-17/h7-8,11,14,19H,4-6,9-10,12H2,1-3H3. The summed E-state index contributed by atoms with van der Waals surface area (Å²) in [5.74, 6) is -0.103. The number of rotatable bonds is 5. The van der Waals surface area contributed by atoms with Crippen molar-refractivity contribution in [2.24, 2.45) is 0 Å². The molecule has 0 bridgehead atoms. The zero-order chi connectivity index (χ0) is 14.6. The molecule has 0 aromatic heterocycles. The summed E-state index contributed by atoms with van der Waals surface area (Å²) in [6.07, 6.45) is 8.89. The molecule has 1 unspecified atom stereocenters. The maximum absolute atomic E-state index is 13.6. The molecule has 2 rings (SSSR count). The highest BCUT2D eigenvalue weighted by atomic mass is 32.2. The summed E-state index contributed by atoms with van der Waals surface area (Å²) in [6, 6.07) is 5.77. The molecule has 1 fully saturated rings. The Labute approximate surface area is 126 Å². The Morgan fingerprint density at radius 3 is 2.60 bits per heavy atom. The van der Waals surface area contributed by atoms with E-state index in [1.165, 1.54) is 32.1 Å². The number of hydrogen-bond donors (Lipinski definition) is 1. The van der Waals surface area contributed by atoms with E-state index in [2.05, 4.69) is 18.5 Å². The lowest BCUT2D eigenvalue weighted by molar-refractivity contribution is 0.367. The van der Waals surface area contributed by atoms with Crippen LogP contribution in [0, 0.1) is 12.7 Å². The minimum absolute atomic E-state index is 0.103. The molecule has 3 heteroatoms. The summed E-state index contributed by atoms with van der Waals surface area (Å²) in [5, 5.41) is 3.62. The highest BCUT2D eigenvalue weighted by Gasteiger charge is 2.31. The highest BCUT2D eigenvalue weighted by Crippen LogP contribution is 2.38.